The molecule has 2 unspecified atom stereocenters. The Morgan fingerprint density at radius 3 is 2.80 bits per heavy atom. The molecule has 25 heavy (non-hydrogen) atoms. The van der Waals surface area contributed by atoms with E-state index in [0.717, 1.165) is 24.3 Å². The third-order valence-electron chi connectivity index (χ3n) is 4.52. The van der Waals surface area contributed by atoms with Crippen molar-refractivity contribution in [1.82, 2.24) is 25.8 Å². The van der Waals surface area contributed by atoms with E-state index in [1.54, 1.807) is 6.26 Å². The third kappa shape index (κ3) is 4.84. The topological polar surface area (TPSA) is 91.1 Å². The van der Waals surface area contributed by atoms with Crippen LogP contribution >= 0.6 is 0 Å². The Balaban J connectivity index is 1.62. The lowest BCUT2D eigenvalue weighted by molar-refractivity contribution is 0.255. The van der Waals surface area contributed by atoms with Gasteiger partial charge in [0.15, 0.2) is 11.7 Å². The molecule has 0 aliphatic heterocycles. The van der Waals surface area contributed by atoms with Crippen molar-refractivity contribution < 1.29 is 4.42 Å². The van der Waals surface area contributed by atoms with Gasteiger partial charge in [-0.25, -0.2) is 9.98 Å². The van der Waals surface area contributed by atoms with E-state index in [-0.39, 0.29) is 0 Å². The van der Waals surface area contributed by atoms with Gasteiger partial charge in [-0.05, 0) is 50.2 Å². The van der Waals surface area contributed by atoms with Crippen molar-refractivity contribution in [2.24, 2.45) is 16.8 Å². The number of guanidine groups is 1. The van der Waals surface area contributed by atoms with E-state index in [2.05, 4.69) is 51.6 Å². The van der Waals surface area contributed by atoms with Crippen LogP contribution in [0, 0.1) is 11.8 Å². The fourth-order valence-electron chi connectivity index (χ4n) is 3.61. The molecule has 1 aliphatic rings. The van der Waals surface area contributed by atoms with Crippen molar-refractivity contribution >= 4 is 5.96 Å². The Labute approximate surface area is 148 Å². The maximum absolute atomic E-state index is 5.31. The number of nitrogens with one attached hydrogen (secondary N) is 3. The lowest BCUT2D eigenvalue weighted by atomic mass is 9.80. The van der Waals surface area contributed by atoms with Crippen molar-refractivity contribution in [3.05, 3.63) is 24.2 Å². The van der Waals surface area contributed by atoms with Gasteiger partial charge in [-0.3, -0.25) is 5.10 Å². The van der Waals surface area contributed by atoms with Gasteiger partial charge in [0.1, 0.15) is 12.4 Å². The zero-order valence-electron chi connectivity index (χ0n) is 15.2. The van der Waals surface area contributed by atoms with Crippen LogP contribution in [0.4, 0.5) is 0 Å². The average Bonchev–Trinajstić information content (AvgIpc) is 3.23. The monoisotopic (exact) mass is 344 g/mol. The summed E-state index contributed by atoms with van der Waals surface area (Å²) in [7, 11) is 0. The fourth-order valence-corrected chi connectivity index (χ4v) is 3.61. The molecule has 136 valence electrons. The predicted octanol–water partition coefficient (Wildman–Crippen LogP) is 2.94. The van der Waals surface area contributed by atoms with Crippen molar-refractivity contribution in [3.8, 4) is 11.6 Å². The van der Waals surface area contributed by atoms with Crippen LogP contribution in [-0.2, 0) is 6.54 Å². The first-order chi connectivity index (χ1) is 12.1. The van der Waals surface area contributed by atoms with Gasteiger partial charge < -0.3 is 15.1 Å². The molecule has 7 nitrogen and oxygen atoms in total. The first-order valence-electron chi connectivity index (χ1n) is 9.14. The van der Waals surface area contributed by atoms with E-state index in [4.69, 9.17) is 4.42 Å². The molecule has 0 saturated heterocycles. The first kappa shape index (κ1) is 17.5. The minimum Gasteiger partial charge on any atom is -0.461 e. The highest BCUT2D eigenvalue weighted by Crippen LogP contribution is 2.28. The summed E-state index contributed by atoms with van der Waals surface area (Å²) >= 11 is 0. The summed E-state index contributed by atoms with van der Waals surface area (Å²) in [5, 5.41) is 14.0. The van der Waals surface area contributed by atoms with Crippen LogP contribution < -0.4 is 10.6 Å². The van der Waals surface area contributed by atoms with Crippen molar-refractivity contribution in [2.45, 2.75) is 52.6 Å². The van der Waals surface area contributed by atoms with Gasteiger partial charge in [0.25, 0.3) is 0 Å². The van der Waals surface area contributed by atoms with Crippen LogP contribution in [0.1, 0.15) is 45.9 Å². The minimum atomic E-state index is 0.445. The Morgan fingerprint density at radius 2 is 2.12 bits per heavy atom. The summed E-state index contributed by atoms with van der Waals surface area (Å²) in [6.07, 6.45) is 5.32. The molecule has 0 radical (unpaired) electrons. The average molecular weight is 344 g/mol. The lowest BCUT2D eigenvalue weighted by Crippen LogP contribution is -2.46. The quantitative estimate of drug-likeness (QED) is 0.573. The second kappa shape index (κ2) is 8.18. The van der Waals surface area contributed by atoms with Gasteiger partial charge in [-0.15, -0.1) is 5.10 Å². The van der Waals surface area contributed by atoms with Gasteiger partial charge in [0.05, 0.1) is 6.26 Å². The summed E-state index contributed by atoms with van der Waals surface area (Å²) in [6, 6.07) is 4.14. The number of rotatable bonds is 5. The van der Waals surface area contributed by atoms with Crippen LogP contribution in [0.3, 0.4) is 0 Å². The van der Waals surface area contributed by atoms with Gasteiger partial charge in [-0.2, -0.15) is 0 Å². The zero-order chi connectivity index (χ0) is 17.6. The first-order valence-corrected chi connectivity index (χ1v) is 9.14. The largest absolute Gasteiger partial charge is 0.461 e. The van der Waals surface area contributed by atoms with E-state index in [9.17, 15) is 0 Å². The predicted molar refractivity (Wildman–Crippen MR) is 98.0 cm³/mol. The molecule has 2 atom stereocenters. The number of H-pyrrole nitrogens is 1. The Kier molecular flexibility index (Phi) is 5.73. The lowest BCUT2D eigenvalue weighted by Gasteiger charge is -2.32. The Hall–Kier alpha value is -2.31. The fraction of sp³-hybridized carbons (Fsp3) is 0.611. The SMILES string of the molecule is CCNC(=NCc1nc(-c2ccco2)n[nH]1)NC1CC(C)CC(C)C1. The van der Waals surface area contributed by atoms with Crippen LogP contribution in [0.25, 0.3) is 11.6 Å². The molecule has 1 aliphatic carbocycles. The van der Waals surface area contributed by atoms with Crippen LogP contribution in [0.5, 0.6) is 0 Å². The molecule has 0 aromatic carbocycles. The Morgan fingerprint density at radius 1 is 1.32 bits per heavy atom. The highest BCUT2D eigenvalue weighted by molar-refractivity contribution is 5.80. The van der Waals surface area contributed by atoms with E-state index < -0.39 is 0 Å². The number of hydrogen-bond donors (Lipinski definition) is 3. The van der Waals surface area contributed by atoms with Gasteiger partial charge in [0.2, 0.25) is 5.82 Å². The highest BCUT2D eigenvalue weighted by Gasteiger charge is 2.24. The van der Waals surface area contributed by atoms with Crippen LogP contribution in [0.15, 0.2) is 27.8 Å². The normalized spacial score (nSPS) is 24.3. The molecule has 3 rings (SSSR count). The minimum absolute atomic E-state index is 0.445. The summed E-state index contributed by atoms with van der Waals surface area (Å²) in [4.78, 5) is 9.09. The van der Waals surface area contributed by atoms with Crippen molar-refractivity contribution in [1.29, 1.82) is 0 Å². The summed E-state index contributed by atoms with van der Waals surface area (Å²) in [5.74, 6) is 4.28. The number of aromatic nitrogens is 3. The maximum Gasteiger partial charge on any atom is 0.216 e. The molecule has 1 fully saturated rings. The van der Waals surface area contributed by atoms with Crippen molar-refractivity contribution in [2.75, 3.05) is 6.54 Å². The van der Waals surface area contributed by atoms with Crippen LogP contribution in [0.2, 0.25) is 0 Å². The summed E-state index contributed by atoms with van der Waals surface area (Å²) in [6.45, 7) is 8.02. The molecule has 2 aromatic heterocycles. The highest BCUT2D eigenvalue weighted by atomic mass is 16.3. The van der Waals surface area contributed by atoms with Crippen molar-refractivity contribution in [3.63, 3.8) is 0 Å². The van der Waals surface area contributed by atoms with Gasteiger partial charge in [0, 0.05) is 12.6 Å². The molecule has 0 spiro atoms. The zero-order valence-corrected chi connectivity index (χ0v) is 15.2. The summed E-state index contributed by atoms with van der Waals surface area (Å²) in [5.41, 5.74) is 0. The molecule has 2 aromatic rings. The van der Waals surface area contributed by atoms with Gasteiger partial charge in [-0.1, -0.05) is 13.8 Å². The molecule has 0 amide bonds. The molecule has 7 heteroatoms. The molecular weight excluding hydrogens is 316 g/mol. The number of aromatic amines is 1. The van der Waals surface area contributed by atoms with E-state index in [1.165, 1.54) is 19.3 Å². The number of aliphatic imine (C=N–C) groups is 1. The summed E-state index contributed by atoms with van der Waals surface area (Å²) < 4.78 is 5.31. The molecular formula is C18H28N6O. The Bertz CT molecular complexity index is 668. The smallest absolute Gasteiger partial charge is 0.216 e. The number of hydrogen-bond acceptors (Lipinski definition) is 4. The maximum atomic E-state index is 5.31. The molecule has 3 N–H and O–H groups in total. The number of furan rings is 1. The van der Waals surface area contributed by atoms with E-state index >= 15 is 0 Å². The number of nitrogens with zero attached hydrogens (tertiary/aromatic N) is 3. The van der Waals surface area contributed by atoms with Crippen LogP contribution in [-0.4, -0.2) is 33.7 Å². The standard InChI is InChI=1S/C18H28N6O/c1-4-19-18(21-14-9-12(2)8-13(3)10-14)20-11-16-22-17(24-23-16)15-6-5-7-25-15/h5-7,12-14H,4,8-11H2,1-3H3,(H2,19,20,21)(H,22,23,24). The third-order valence-corrected chi connectivity index (χ3v) is 4.52. The molecule has 0 bridgehead atoms. The second-order valence-corrected chi connectivity index (χ2v) is 7.04. The molecule has 2 heterocycles. The van der Waals surface area contributed by atoms with Gasteiger partial charge >= 0.3 is 0 Å². The molecule has 1 saturated carbocycles. The second-order valence-electron chi connectivity index (χ2n) is 7.04. The van der Waals surface area contributed by atoms with E-state index in [0.29, 0.717) is 30.0 Å². The van der Waals surface area contributed by atoms with E-state index in [1.807, 2.05) is 12.1 Å².